The SMILES string of the molecule is Nc1ccc(O)c(CN2CCN(CC(=O)O)CCN(CC(=O)O)CCN(CC(=O)O)CC2)c1. The van der Waals surface area contributed by atoms with Crippen LogP contribution in [0.5, 0.6) is 5.75 Å². The van der Waals surface area contributed by atoms with Crippen LogP contribution in [0.4, 0.5) is 5.69 Å². The molecular formula is C21H33N5O7. The van der Waals surface area contributed by atoms with Crippen molar-refractivity contribution in [2.24, 2.45) is 0 Å². The summed E-state index contributed by atoms with van der Waals surface area (Å²) in [4.78, 5) is 41.1. The summed E-state index contributed by atoms with van der Waals surface area (Å²) in [6, 6.07) is 4.80. The highest BCUT2D eigenvalue weighted by Crippen LogP contribution is 2.21. The van der Waals surface area contributed by atoms with E-state index in [-0.39, 0.29) is 25.4 Å². The van der Waals surface area contributed by atoms with Crippen LogP contribution < -0.4 is 5.73 Å². The molecule has 1 aliphatic rings. The van der Waals surface area contributed by atoms with Gasteiger partial charge in [0, 0.05) is 70.2 Å². The first-order chi connectivity index (χ1) is 15.6. The number of carbonyl (C=O) groups is 3. The van der Waals surface area contributed by atoms with E-state index in [0.29, 0.717) is 70.2 Å². The van der Waals surface area contributed by atoms with Gasteiger partial charge in [-0.1, -0.05) is 0 Å². The number of nitrogen functional groups attached to an aromatic ring is 1. The van der Waals surface area contributed by atoms with E-state index in [1.165, 1.54) is 6.07 Å². The number of aromatic hydroxyl groups is 1. The smallest absolute Gasteiger partial charge is 0.317 e. The molecule has 1 saturated heterocycles. The molecule has 0 bridgehead atoms. The Morgan fingerprint density at radius 2 is 1.06 bits per heavy atom. The minimum absolute atomic E-state index is 0.101. The number of aliphatic carboxylic acids is 3. The number of hydrogen-bond donors (Lipinski definition) is 5. The van der Waals surface area contributed by atoms with Crippen molar-refractivity contribution in [1.29, 1.82) is 0 Å². The fourth-order valence-electron chi connectivity index (χ4n) is 3.76. The van der Waals surface area contributed by atoms with Gasteiger partial charge in [0.05, 0.1) is 19.6 Å². The molecule has 12 nitrogen and oxygen atoms in total. The van der Waals surface area contributed by atoms with E-state index in [1.54, 1.807) is 26.8 Å². The third-order valence-corrected chi connectivity index (χ3v) is 5.50. The lowest BCUT2D eigenvalue weighted by Crippen LogP contribution is -2.48. The predicted octanol–water partition coefficient (Wildman–Crippen LogP) is -1.05. The highest BCUT2D eigenvalue weighted by atomic mass is 16.4. The van der Waals surface area contributed by atoms with Crippen LogP contribution in [0.1, 0.15) is 5.56 Å². The molecule has 0 aliphatic carbocycles. The average Bonchev–Trinajstić information content (AvgIpc) is 2.71. The lowest BCUT2D eigenvalue weighted by molar-refractivity contribution is -0.140. The lowest BCUT2D eigenvalue weighted by Gasteiger charge is -2.33. The summed E-state index contributed by atoms with van der Waals surface area (Å²) >= 11 is 0. The minimum atomic E-state index is -0.996. The Kier molecular flexibility index (Phi) is 10.3. The predicted molar refractivity (Wildman–Crippen MR) is 120 cm³/mol. The summed E-state index contributed by atoms with van der Waals surface area (Å²) in [6.07, 6.45) is 0. The number of phenolic OH excluding ortho intramolecular Hbond substituents is 1. The van der Waals surface area contributed by atoms with Crippen LogP contribution >= 0.6 is 0 Å². The van der Waals surface area contributed by atoms with E-state index in [1.807, 2.05) is 4.90 Å². The molecule has 2 rings (SSSR count). The molecule has 12 heteroatoms. The van der Waals surface area contributed by atoms with Gasteiger partial charge in [0.25, 0.3) is 0 Å². The second kappa shape index (κ2) is 12.9. The Hall–Kier alpha value is -2.93. The van der Waals surface area contributed by atoms with Crippen LogP contribution in [0, 0.1) is 0 Å². The molecule has 0 aromatic heterocycles. The van der Waals surface area contributed by atoms with Crippen molar-refractivity contribution in [2.75, 3.05) is 77.7 Å². The maximum absolute atomic E-state index is 11.3. The highest BCUT2D eigenvalue weighted by Gasteiger charge is 2.20. The normalized spacial score (nSPS) is 18.3. The van der Waals surface area contributed by atoms with Crippen molar-refractivity contribution in [3.05, 3.63) is 23.8 Å². The zero-order valence-electron chi connectivity index (χ0n) is 18.6. The second-order valence-electron chi connectivity index (χ2n) is 8.17. The molecular weight excluding hydrogens is 434 g/mol. The van der Waals surface area contributed by atoms with E-state index >= 15 is 0 Å². The molecule has 1 heterocycles. The zero-order chi connectivity index (χ0) is 24.4. The first-order valence-corrected chi connectivity index (χ1v) is 10.7. The van der Waals surface area contributed by atoms with Crippen LogP contribution in [0.3, 0.4) is 0 Å². The molecule has 0 atom stereocenters. The maximum atomic E-state index is 11.3. The average molecular weight is 468 g/mol. The fraction of sp³-hybridized carbons (Fsp3) is 0.571. The van der Waals surface area contributed by atoms with Gasteiger partial charge in [0.2, 0.25) is 0 Å². The zero-order valence-corrected chi connectivity index (χ0v) is 18.6. The van der Waals surface area contributed by atoms with Crippen molar-refractivity contribution in [3.63, 3.8) is 0 Å². The quantitative estimate of drug-likeness (QED) is 0.232. The summed E-state index contributed by atoms with van der Waals surface area (Å²) in [5.74, 6) is -2.84. The van der Waals surface area contributed by atoms with E-state index in [4.69, 9.17) is 5.73 Å². The number of anilines is 1. The number of carboxylic acids is 3. The third kappa shape index (κ3) is 10.0. The topological polar surface area (TPSA) is 171 Å². The first-order valence-electron chi connectivity index (χ1n) is 10.7. The van der Waals surface area contributed by atoms with Crippen molar-refractivity contribution >= 4 is 23.6 Å². The molecule has 1 aromatic rings. The van der Waals surface area contributed by atoms with Crippen LogP contribution in [-0.4, -0.2) is 130 Å². The molecule has 1 fully saturated rings. The van der Waals surface area contributed by atoms with Crippen LogP contribution in [-0.2, 0) is 20.9 Å². The van der Waals surface area contributed by atoms with Gasteiger partial charge in [0.15, 0.2) is 0 Å². The maximum Gasteiger partial charge on any atom is 0.317 e. The Morgan fingerprint density at radius 3 is 1.42 bits per heavy atom. The number of nitrogens with zero attached hydrogens (tertiary/aromatic N) is 4. The van der Waals surface area contributed by atoms with Gasteiger partial charge in [0.1, 0.15) is 5.75 Å². The van der Waals surface area contributed by atoms with Gasteiger partial charge in [-0.05, 0) is 18.2 Å². The van der Waals surface area contributed by atoms with E-state index < -0.39 is 17.9 Å². The molecule has 0 unspecified atom stereocenters. The second-order valence-corrected chi connectivity index (χ2v) is 8.17. The molecule has 184 valence electrons. The van der Waals surface area contributed by atoms with Gasteiger partial charge in [-0.15, -0.1) is 0 Å². The number of carboxylic acid groups (broad SMARTS) is 3. The molecule has 1 aliphatic heterocycles. The number of hydrogen-bond acceptors (Lipinski definition) is 9. The van der Waals surface area contributed by atoms with Crippen LogP contribution in [0.25, 0.3) is 0 Å². The van der Waals surface area contributed by atoms with Crippen molar-refractivity contribution in [3.8, 4) is 5.75 Å². The van der Waals surface area contributed by atoms with E-state index in [0.717, 1.165) is 0 Å². The third-order valence-electron chi connectivity index (χ3n) is 5.50. The number of benzene rings is 1. The molecule has 0 amide bonds. The standard InChI is InChI=1S/C21H33N5O7/c22-17-1-2-18(27)16(11-17)12-23-3-5-24(13-19(28)29)7-9-26(15-21(32)33)10-8-25(6-4-23)14-20(30)31/h1-2,11,27H,3-10,12-15,22H2,(H,28,29)(H,30,31)(H,32,33). The van der Waals surface area contributed by atoms with Gasteiger partial charge < -0.3 is 26.2 Å². The van der Waals surface area contributed by atoms with Crippen LogP contribution in [0.15, 0.2) is 18.2 Å². The Morgan fingerprint density at radius 1 is 0.697 bits per heavy atom. The summed E-state index contributed by atoms with van der Waals surface area (Å²) < 4.78 is 0. The minimum Gasteiger partial charge on any atom is -0.508 e. The number of phenols is 1. The molecule has 0 radical (unpaired) electrons. The van der Waals surface area contributed by atoms with Gasteiger partial charge in [-0.25, -0.2) is 0 Å². The number of nitrogens with two attached hydrogens (primary N) is 1. The van der Waals surface area contributed by atoms with Gasteiger partial charge in [-0.2, -0.15) is 0 Å². The molecule has 33 heavy (non-hydrogen) atoms. The Labute approximate surface area is 192 Å². The molecule has 1 aromatic carbocycles. The first kappa shape index (κ1) is 26.3. The summed E-state index contributed by atoms with van der Waals surface area (Å²) in [5, 5.41) is 38.0. The fourth-order valence-corrected chi connectivity index (χ4v) is 3.76. The monoisotopic (exact) mass is 467 g/mol. The Bertz CT molecular complexity index is 790. The molecule has 6 N–H and O–H groups in total. The van der Waals surface area contributed by atoms with Crippen molar-refractivity contribution < 1.29 is 34.8 Å². The number of rotatable bonds is 8. The van der Waals surface area contributed by atoms with Crippen molar-refractivity contribution in [2.45, 2.75) is 6.54 Å². The van der Waals surface area contributed by atoms with E-state index in [2.05, 4.69) is 0 Å². The largest absolute Gasteiger partial charge is 0.508 e. The molecule has 0 saturated carbocycles. The molecule has 0 spiro atoms. The van der Waals surface area contributed by atoms with Gasteiger partial charge in [-0.3, -0.25) is 34.0 Å². The van der Waals surface area contributed by atoms with E-state index in [9.17, 15) is 34.8 Å². The lowest BCUT2D eigenvalue weighted by atomic mass is 10.1. The highest BCUT2D eigenvalue weighted by molar-refractivity contribution is 5.69. The summed E-state index contributed by atoms with van der Waals surface area (Å²) in [5.41, 5.74) is 6.99. The Balaban J connectivity index is 2.20. The summed E-state index contributed by atoms with van der Waals surface area (Å²) in [6.45, 7) is 2.98. The van der Waals surface area contributed by atoms with Crippen molar-refractivity contribution in [1.82, 2.24) is 19.6 Å². The van der Waals surface area contributed by atoms with Gasteiger partial charge >= 0.3 is 17.9 Å². The van der Waals surface area contributed by atoms with Crippen LogP contribution in [0.2, 0.25) is 0 Å². The summed E-state index contributed by atoms with van der Waals surface area (Å²) in [7, 11) is 0.